The third-order valence-electron chi connectivity index (χ3n) is 6.69. The Labute approximate surface area is 181 Å². The monoisotopic (exact) mass is 414 g/mol. The first-order valence-electron chi connectivity index (χ1n) is 10.8. The molecule has 3 aromatic rings. The number of likely N-dealkylation sites (tertiary alicyclic amines) is 1. The zero-order valence-electron chi connectivity index (χ0n) is 17.6. The number of carbonyl (C=O) groups excluding carboxylic acids is 1. The Balaban J connectivity index is 1.51. The first-order chi connectivity index (χ1) is 15.1. The molecule has 5 nitrogen and oxygen atoms in total. The number of pyridine rings is 1. The van der Waals surface area contributed by atoms with E-state index in [9.17, 15) is 9.59 Å². The zero-order valence-corrected chi connectivity index (χ0v) is 17.6. The van der Waals surface area contributed by atoms with Crippen LogP contribution in [0.5, 0.6) is 5.75 Å². The van der Waals surface area contributed by atoms with Gasteiger partial charge in [0, 0.05) is 42.4 Å². The Morgan fingerprint density at radius 1 is 1.00 bits per heavy atom. The second-order valence-electron chi connectivity index (χ2n) is 8.55. The predicted octanol–water partition coefficient (Wildman–Crippen LogP) is 3.90. The maximum atomic E-state index is 13.2. The van der Waals surface area contributed by atoms with Crippen LogP contribution in [0.1, 0.15) is 40.0 Å². The highest BCUT2D eigenvalue weighted by molar-refractivity contribution is 5.94. The minimum Gasteiger partial charge on any atom is -0.497 e. The molecule has 158 valence electrons. The van der Waals surface area contributed by atoms with Crippen LogP contribution in [0.4, 0.5) is 0 Å². The minimum absolute atomic E-state index is 0.0124. The molecule has 1 aromatic heterocycles. The second kappa shape index (κ2) is 8.06. The molecule has 3 heterocycles. The number of aromatic nitrogens is 1. The van der Waals surface area contributed by atoms with Crippen LogP contribution in [0.25, 0.3) is 0 Å². The molecule has 1 fully saturated rings. The SMILES string of the molecule is COc1cccc(C[C@H]2[C@H]3C[C@H](CN(C(=O)c4ccccc4)C3)c3cccc(=O)n32)c1. The van der Waals surface area contributed by atoms with Gasteiger partial charge in [0.1, 0.15) is 5.75 Å². The number of piperidine rings is 1. The van der Waals surface area contributed by atoms with Crippen molar-refractivity contribution in [3.63, 3.8) is 0 Å². The number of fused-ring (bicyclic) bond motifs is 4. The van der Waals surface area contributed by atoms with Crippen LogP contribution in [0, 0.1) is 5.92 Å². The van der Waals surface area contributed by atoms with Gasteiger partial charge in [-0.2, -0.15) is 0 Å². The van der Waals surface area contributed by atoms with E-state index in [0.717, 1.165) is 35.4 Å². The van der Waals surface area contributed by atoms with Crippen LogP contribution >= 0.6 is 0 Å². The van der Waals surface area contributed by atoms with Gasteiger partial charge in [-0.15, -0.1) is 0 Å². The van der Waals surface area contributed by atoms with Gasteiger partial charge in [-0.1, -0.05) is 36.4 Å². The average Bonchev–Trinajstić information content (AvgIpc) is 2.82. The number of carbonyl (C=O) groups is 1. The summed E-state index contributed by atoms with van der Waals surface area (Å²) < 4.78 is 7.38. The molecule has 1 saturated heterocycles. The highest BCUT2D eigenvalue weighted by atomic mass is 16.5. The van der Waals surface area contributed by atoms with Gasteiger partial charge in [-0.3, -0.25) is 9.59 Å². The van der Waals surface area contributed by atoms with Crippen molar-refractivity contribution < 1.29 is 9.53 Å². The summed E-state index contributed by atoms with van der Waals surface area (Å²) in [4.78, 5) is 28.1. The summed E-state index contributed by atoms with van der Waals surface area (Å²) in [7, 11) is 1.67. The van der Waals surface area contributed by atoms with Gasteiger partial charge >= 0.3 is 0 Å². The predicted molar refractivity (Wildman–Crippen MR) is 120 cm³/mol. The van der Waals surface area contributed by atoms with E-state index in [-0.39, 0.29) is 29.3 Å². The number of methoxy groups -OCH3 is 1. The molecule has 2 aromatic carbocycles. The van der Waals surface area contributed by atoms with E-state index in [2.05, 4.69) is 12.1 Å². The summed E-state index contributed by atoms with van der Waals surface area (Å²) in [6.07, 6.45) is 1.73. The quantitative estimate of drug-likeness (QED) is 0.651. The molecule has 3 atom stereocenters. The van der Waals surface area contributed by atoms with E-state index in [1.807, 2.05) is 64.1 Å². The lowest BCUT2D eigenvalue weighted by atomic mass is 9.76. The number of amides is 1. The van der Waals surface area contributed by atoms with E-state index in [0.29, 0.717) is 13.1 Å². The maximum absolute atomic E-state index is 13.2. The number of hydrogen-bond donors (Lipinski definition) is 0. The number of ether oxygens (including phenoxy) is 1. The number of hydrogen-bond acceptors (Lipinski definition) is 3. The molecule has 0 saturated carbocycles. The fourth-order valence-corrected chi connectivity index (χ4v) is 5.27. The summed E-state index contributed by atoms with van der Waals surface area (Å²) in [6, 6.07) is 23.1. The number of rotatable bonds is 4. The Morgan fingerprint density at radius 3 is 2.61 bits per heavy atom. The molecule has 2 aliphatic heterocycles. The van der Waals surface area contributed by atoms with Crippen molar-refractivity contribution >= 4 is 5.91 Å². The lowest BCUT2D eigenvalue weighted by molar-refractivity contribution is 0.0528. The Hall–Kier alpha value is -3.34. The molecule has 1 amide bonds. The fourth-order valence-electron chi connectivity index (χ4n) is 5.27. The first-order valence-corrected chi connectivity index (χ1v) is 10.8. The van der Waals surface area contributed by atoms with Crippen molar-refractivity contribution in [2.45, 2.75) is 24.8 Å². The summed E-state index contributed by atoms with van der Waals surface area (Å²) >= 11 is 0. The summed E-state index contributed by atoms with van der Waals surface area (Å²) in [5.41, 5.74) is 2.94. The smallest absolute Gasteiger partial charge is 0.253 e. The van der Waals surface area contributed by atoms with Crippen molar-refractivity contribution in [1.29, 1.82) is 0 Å². The van der Waals surface area contributed by atoms with Gasteiger partial charge in [-0.05, 0) is 54.7 Å². The van der Waals surface area contributed by atoms with Gasteiger partial charge in [0.2, 0.25) is 0 Å². The lowest BCUT2D eigenvalue weighted by Crippen LogP contribution is -2.51. The van der Waals surface area contributed by atoms with Crippen LogP contribution in [-0.2, 0) is 6.42 Å². The molecule has 0 radical (unpaired) electrons. The van der Waals surface area contributed by atoms with Crippen LogP contribution in [0.3, 0.4) is 0 Å². The van der Waals surface area contributed by atoms with E-state index in [4.69, 9.17) is 4.74 Å². The van der Waals surface area contributed by atoms with Gasteiger partial charge in [0.05, 0.1) is 7.11 Å². The molecule has 5 rings (SSSR count). The number of nitrogens with zero attached hydrogens (tertiary/aromatic N) is 2. The lowest BCUT2D eigenvalue weighted by Gasteiger charge is -2.47. The number of benzene rings is 2. The van der Waals surface area contributed by atoms with Crippen molar-refractivity contribution in [2.24, 2.45) is 5.92 Å². The Morgan fingerprint density at radius 2 is 1.81 bits per heavy atom. The van der Waals surface area contributed by atoms with Gasteiger partial charge in [0.25, 0.3) is 11.5 Å². The average molecular weight is 415 g/mol. The molecule has 0 aliphatic carbocycles. The minimum atomic E-state index is 0.0124. The van der Waals surface area contributed by atoms with E-state index >= 15 is 0 Å². The van der Waals surface area contributed by atoms with E-state index in [1.165, 1.54) is 0 Å². The van der Waals surface area contributed by atoms with Crippen LogP contribution in [-0.4, -0.2) is 35.6 Å². The summed E-state index contributed by atoms with van der Waals surface area (Å²) in [6.45, 7) is 1.32. The van der Waals surface area contributed by atoms with Crippen molar-refractivity contribution in [1.82, 2.24) is 9.47 Å². The van der Waals surface area contributed by atoms with Crippen LogP contribution in [0.2, 0.25) is 0 Å². The molecule has 0 N–H and O–H groups in total. The summed E-state index contributed by atoms with van der Waals surface area (Å²) in [5.74, 6) is 1.30. The summed E-state index contributed by atoms with van der Waals surface area (Å²) in [5, 5.41) is 0. The maximum Gasteiger partial charge on any atom is 0.253 e. The van der Waals surface area contributed by atoms with Crippen LogP contribution < -0.4 is 10.3 Å². The molecule has 2 bridgehead atoms. The second-order valence-corrected chi connectivity index (χ2v) is 8.55. The molecule has 31 heavy (non-hydrogen) atoms. The molecular weight excluding hydrogens is 388 g/mol. The van der Waals surface area contributed by atoms with Crippen molar-refractivity contribution in [3.8, 4) is 5.75 Å². The first kappa shape index (κ1) is 19.6. The van der Waals surface area contributed by atoms with E-state index in [1.54, 1.807) is 13.2 Å². The Kier molecular flexibility index (Phi) is 5.10. The Bertz CT molecular complexity index is 1150. The van der Waals surface area contributed by atoms with Crippen molar-refractivity contribution in [3.05, 3.63) is 100.0 Å². The highest BCUT2D eigenvalue weighted by Crippen LogP contribution is 2.42. The highest BCUT2D eigenvalue weighted by Gasteiger charge is 2.41. The molecular formula is C26H26N2O3. The molecule has 2 aliphatic rings. The third-order valence-corrected chi connectivity index (χ3v) is 6.69. The van der Waals surface area contributed by atoms with E-state index < -0.39 is 0 Å². The van der Waals surface area contributed by atoms with Gasteiger partial charge in [0.15, 0.2) is 0 Å². The molecule has 0 unspecified atom stereocenters. The van der Waals surface area contributed by atoms with Crippen LogP contribution in [0.15, 0.2) is 77.6 Å². The largest absolute Gasteiger partial charge is 0.497 e. The molecule has 5 heteroatoms. The topological polar surface area (TPSA) is 51.5 Å². The van der Waals surface area contributed by atoms with Gasteiger partial charge < -0.3 is 14.2 Å². The third kappa shape index (κ3) is 3.65. The zero-order chi connectivity index (χ0) is 21.4. The van der Waals surface area contributed by atoms with Crippen molar-refractivity contribution in [2.75, 3.05) is 20.2 Å². The molecule has 0 spiro atoms. The normalized spacial score (nSPS) is 22.0. The standard InChI is InChI=1S/C26H26N2O3/c1-31-22-10-5-7-18(13-22)14-24-21-15-20(23-11-6-12-25(29)28(23)24)16-27(17-21)26(30)19-8-3-2-4-9-19/h2-13,20-21,24H,14-17H2,1H3/t20-,21+,24+/m1/s1. The fraction of sp³-hybridized carbons (Fsp3) is 0.308. The van der Waals surface area contributed by atoms with Gasteiger partial charge in [-0.25, -0.2) is 0 Å².